The van der Waals surface area contributed by atoms with Crippen LogP contribution in [-0.2, 0) is 0 Å². The van der Waals surface area contributed by atoms with Gasteiger partial charge >= 0.3 is 0 Å². The number of ether oxygens (including phenoxy) is 1. The lowest BCUT2D eigenvalue weighted by molar-refractivity contribution is 0.136. The Labute approximate surface area is 69.6 Å². The van der Waals surface area contributed by atoms with Crippen molar-refractivity contribution in [2.24, 2.45) is 0 Å². The molecule has 3 nitrogen and oxygen atoms in total. The van der Waals surface area contributed by atoms with Crippen molar-refractivity contribution >= 4 is 0 Å². The molecule has 0 saturated carbocycles. The van der Waals surface area contributed by atoms with Crippen molar-refractivity contribution in [2.45, 2.75) is 6.10 Å². The molecule has 1 N–H and O–H groups in total. The Kier molecular flexibility index (Phi) is 1.91. The molecule has 0 aliphatic carbocycles. The Hall–Kier alpha value is -1.16. The van der Waals surface area contributed by atoms with Gasteiger partial charge in [-0.3, -0.25) is 4.98 Å². The number of hydrogen-bond donors (Lipinski definition) is 1. The maximum atomic E-state index is 12.9. The second kappa shape index (κ2) is 3.06. The van der Waals surface area contributed by atoms with Crippen molar-refractivity contribution in [3.8, 4) is 5.75 Å². The maximum Gasteiger partial charge on any atom is 0.183 e. The first-order chi connectivity index (χ1) is 5.86. The molecule has 0 aromatic carbocycles. The van der Waals surface area contributed by atoms with E-state index in [-0.39, 0.29) is 11.9 Å². The lowest BCUT2D eigenvalue weighted by atomic mass is 10.2. The third-order valence-electron chi connectivity index (χ3n) is 1.77. The van der Waals surface area contributed by atoms with Crippen LogP contribution >= 0.6 is 0 Å². The second-order valence-corrected chi connectivity index (χ2v) is 2.70. The highest BCUT2D eigenvalue weighted by Gasteiger charge is 2.19. The number of halogens is 1. The van der Waals surface area contributed by atoms with Gasteiger partial charge in [-0.15, -0.1) is 0 Å². The van der Waals surface area contributed by atoms with Gasteiger partial charge in [-0.05, 0) is 0 Å². The summed E-state index contributed by atoms with van der Waals surface area (Å²) in [6, 6.07) is 1.54. The fourth-order valence-electron chi connectivity index (χ4n) is 0.983. The van der Waals surface area contributed by atoms with Crippen LogP contribution in [0.15, 0.2) is 18.5 Å². The predicted octanol–water partition coefficient (Wildman–Crippen LogP) is 0.571. The minimum Gasteiger partial charge on any atom is -0.485 e. The van der Waals surface area contributed by atoms with Crippen molar-refractivity contribution in [1.82, 2.24) is 10.3 Å². The molecular weight excluding hydrogens is 159 g/mol. The molecule has 0 bridgehead atoms. The molecule has 4 heteroatoms. The number of hydrogen-bond acceptors (Lipinski definition) is 3. The molecule has 1 aromatic heterocycles. The zero-order valence-electron chi connectivity index (χ0n) is 6.46. The number of aromatic nitrogens is 1. The summed E-state index contributed by atoms with van der Waals surface area (Å²) in [5, 5.41) is 3.04. The van der Waals surface area contributed by atoms with Crippen LogP contribution < -0.4 is 10.1 Å². The summed E-state index contributed by atoms with van der Waals surface area (Å²) in [7, 11) is 0. The molecule has 1 saturated heterocycles. The van der Waals surface area contributed by atoms with Crippen LogP contribution in [0.2, 0.25) is 0 Å². The topological polar surface area (TPSA) is 34.1 Å². The number of rotatable bonds is 2. The highest BCUT2D eigenvalue weighted by atomic mass is 19.1. The van der Waals surface area contributed by atoms with Gasteiger partial charge in [0.25, 0.3) is 0 Å². The van der Waals surface area contributed by atoms with Crippen molar-refractivity contribution < 1.29 is 9.13 Å². The lowest BCUT2D eigenvalue weighted by Crippen LogP contribution is -2.50. The molecule has 12 heavy (non-hydrogen) atoms. The average Bonchev–Trinajstić information content (AvgIpc) is 2.00. The first-order valence-electron chi connectivity index (χ1n) is 3.83. The van der Waals surface area contributed by atoms with Gasteiger partial charge in [0.1, 0.15) is 6.10 Å². The largest absolute Gasteiger partial charge is 0.485 e. The predicted molar refractivity (Wildman–Crippen MR) is 41.5 cm³/mol. The first-order valence-corrected chi connectivity index (χ1v) is 3.83. The van der Waals surface area contributed by atoms with Crippen LogP contribution in [0.4, 0.5) is 4.39 Å². The SMILES string of the molecule is Fc1cnccc1OC1CNC1. The van der Waals surface area contributed by atoms with Crippen molar-refractivity contribution in [1.29, 1.82) is 0 Å². The average molecular weight is 168 g/mol. The minimum atomic E-state index is -0.399. The van der Waals surface area contributed by atoms with Gasteiger partial charge in [-0.25, -0.2) is 4.39 Å². The van der Waals surface area contributed by atoms with E-state index in [2.05, 4.69) is 10.3 Å². The normalized spacial score (nSPS) is 17.1. The van der Waals surface area contributed by atoms with Crippen LogP contribution in [0.25, 0.3) is 0 Å². The van der Waals surface area contributed by atoms with Crippen LogP contribution in [0.3, 0.4) is 0 Å². The summed E-state index contributed by atoms with van der Waals surface area (Å²) >= 11 is 0. The van der Waals surface area contributed by atoms with Crippen LogP contribution in [0.1, 0.15) is 0 Å². The van der Waals surface area contributed by atoms with E-state index in [0.717, 1.165) is 19.3 Å². The molecular formula is C8H9FN2O. The standard InChI is InChI=1S/C8H9FN2O/c9-7-5-10-2-1-8(7)12-6-3-11-4-6/h1-2,5-6,11H,3-4H2. The summed E-state index contributed by atoms with van der Waals surface area (Å²) < 4.78 is 18.2. The molecule has 0 atom stereocenters. The third kappa shape index (κ3) is 1.38. The third-order valence-corrected chi connectivity index (χ3v) is 1.77. The molecule has 0 spiro atoms. The quantitative estimate of drug-likeness (QED) is 0.701. The van der Waals surface area contributed by atoms with Crippen molar-refractivity contribution in [3.05, 3.63) is 24.3 Å². The number of pyridine rings is 1. The molecule has 64 valence electrons. The Morgan fingerprint density at radius 3 is 3.00 bits per heavy atom. The zero-order chi connectivity index (χ0) is 8.39. The molecule has 0 amide bonds. The Morgan fingerprint density at radius 2 is 2.42 bits per heavy atom. The molecule has 0 radical (unpaired) electrons. The maximum absolute atomic E-state index is 12.9. The highest BCUT2D eigenvalue weighted by molar-refractivity contribution is 5.20. The van der Waals surface area contributed by atoms with E-state index in [0.29, 0.717) is 0 Å². The van der Waals surface area contributed by atoms with Gasteiger partial charge in [0.05, 0.1) is 6.20 Å². The van der Waals surface area contributed by atoms with Gasteiger partial charge in [0, 0.05) is 25.4 Å². The molecule has 1 aromatic rings. The highest BCUT2D eigenvalue weighted by Crippen LogP contribution is 2.16. The molecule has 1 fully saturated rings. The Balaban J connectivity index is 2.06. The second-order valence-electron chi connectivity index (χ2n) is 2.70. The van der Waals surface area contributed by atoms with Crippen LogP contribution in [0.5, 0.6) is 5.75 Å². The Bertz CT molecular complexity index is 276. The summed E-state index contributed by atoms with van der Waals surface area (Å²) in [6.45, 7) is 1.59. The van der Waals surface area contributed by atoms with E-state index in [1.807, 2.05) is 0 Å². The van der Waals surface area contributed by atoms with Crippen molar-refractivity contribution in [2.75, 3.05) is 13.1 Å². The van der Waals surface area contributed by atoms with E-state index >= 15 is 0 Å². The summed E-state index contributed by atoms with van der Waals surface area (Å²) in [5.74, 6) is -0.110. The van der Waals surface area contributed by atoms with E-state index in [9.17, 15) is 4.39 Å². The number of nitrogens with one attached hydrogen (secondary N) is 1. The molecule has 2 rings (SSSR count). The molecule has 1 aliphatic heterocycles. The number of nitrogens with zero attached hydrogens (tertiary/aromatic N) is 1. The van der Waals surface area contributed by atoms with E-state index in [1.165, 1.54) is 12.3 Å². The van der Waals surface area contributed by atoms with E-state index < -0.39 is 5.82 Å². The molecule has 2 heterocycles. The smallest absolute Gasteiger partial charge is 0.183 e. The lowest BCUT2D eigenvalue weighted by Gasteiger charge is -2.27. The Morgan fingerprint density at radius 1 is 1.58 bits per heavy atom. The summed E-state index contributed by atoms with van der Waals surface area (Å²) in [4.78, 5) is 3.63. The monoisotopic (exact) mass is 168 g/mol. The first kappa shape index (κ1) is 7.49. The van der Waals surface area contributed by atoms with E-state index in [1.54, 1.807) is 0 Å². The molecule has 0 unspecified atom stereocenters. The van der Waals surface area contributed by atoms with Gasteiger partial charge in [-0.1, -0.05) is 0 Å². The van der Waals surface area contributed by atoms with Gasteiger partial charge in [-0.2, -0.15) is 0 Å². The fraction of sp³-hybridized carbons (Fsp3) is 0.375. The van der Waals surface area contributed by atoms with Crippen LogP contribution in [-0.4, -0.2) is 24.2 Å². The van der Waals surface area contributed by atoms with Crippen molar-refractivity contribution in [3.63, 3.8) is 0 Å². The molecule has 1 aliphatic rings. The van der Waals surface area contributed by atoms with Gasteiger partial charge in [0.2, 0.25) is 0 Å². The summed E-state index contributed by atoms with van der Waals surface area (Å²) in [6.07, 6.45) is 2.79. The van der Waals surface area contributed by atoms with Crippen LogP contribution in [0, 0.1) is 5.82 Å². The van der Waals surface area contributed by atoms with E-state index in [4.69, 9.17) is 4.74 Å². The fourth-order valence-corrected chi connectivity index (χ4v) is 0.983. The van der Waals surface area contributed by atoms with Gasteiger partial charge < -0.3 is 10.1 Å². The minimum absolute atomic E-state index is 0.113. The zero-order valence-corrected chi connectivity index (χ0v) is 6.46. The van der Waals surface area contributed by atoms with Gasteiger partial charge in [0.15, 0.2) is 11.6 Å². The summed E-state index contributed by atoms with van der Waals surface area (Å²) in [5.41, 5.74) is 0.